The maximum Gasteiger partial charge on any atom is 0.132 e. The average Bonchev–Trinajstić information content (AvgIpc) is 2.86. The highest BCUT2D eigenvalue weighted by molar-refractivity contribution is 5.68. The first-order valence-corrected chi connectivity index (χ1v) is 9.78. The fraction of sp³-hybridized carbons (Fsp3) is 0.111. The van der Waals surface area contributed by atoms with E-state index in [0.717, 1.165) is 25.7 Å². The average molecular weight is 399 g/mol. The van der Waals surface area contributed by atoms with Crippen molar-refractivity contribution in [2.24, 2.45) is 0 Å². The van der Waals surface area contributed by atoms with Crippen LogP contribution in [0.25, 0.3) is 0 Å². The molecule has 0 radical (unpaired) electrons. The van der Waals surface area contributed by atoms with Crippen LogP contribution >= 0.6 is 0 Å². The second-order valence-electron chi connectivity index (χ2n) is 6.58. The molecule has 0 spiro atoms. The van der Waals surface area contributed by atoms with Crippen LogP contribution < -0.4 is 4.74 Å². The predicted molar refractivity (Wildman–Crippen MR) is 121 cm³/mol. The minimum absolute atomic E-state index is 0.395. The third-order valence-electron chi connectivity index (χ3n) is 5.22. The van der Waals surface area contributed by atoms with Gasteiger partial charge in [0.1, 0.15) is 11.5 Å². The summed E-state index contributed by atoms with van der Waals surface area (Å²) in [5, 5.41) is 14.0. The molecule has 0 fully saturated rings. The molecule has 1 aliphatic heterocycles. The zero-order chi connectivity index (χ0) is 21.4. The molecule has 30 heavy (non-hydrogen) atoms. The van der Waals surface area contributed by atoms with Gasteiger partial charge in [-0.3, -0.25) is 0 Å². The maximum atomic E-state index is 7.00. The largest absolute Gasteiger partial charge is 0.457 e. The van der Waals surface area contributed by atoms with E-state index in [9.17, 15) is 0 Å². The Bertz CT molecular complexity index is 972. The van der Waals surface area contributed by atoms with Crippen molar-refractivity contribution in [3.63, 3.8) is 0 Å². The van der Waals surface area contributed by atoms with E-state index >= 15 is 0 Å². The van der Waals surface area contributed by atoms with Crippen molar-refractivity contribution in [2.45, 2.75) is 5.41 Å². The number of benzene rings is 4. The van der Waals surface area contributed by atoms with Crippen molar-refractivity contribution >= 4 is 0 Å². The minimum Gasteiger partial charge on any atom is -0.457 e. The van der Waals surface area contributed by atoms with Gasteiger partial charge in [-0.05, 0) is 23.3 Å². The Morgan fingerprint density at radius 3 is 1.20 bits per heavy atom. The van der Waals surface area contributed by atoms with Crippen molar-refractivity contribution in [1.82, 2.24) is 0 Å². The lowest BCUT2D eigenvalue weighted by Gasteiger charge is -2.41. The van der Waals surface area contributed by atoms with Crippen molar-refractivity contribution < 1.29 is 14.9 Å². The van der Waals surface area contributed by atoms with E-state index in [0.29, 0.717) is 0 Å². The molecule has 0 unspecified atom stereocenters. The van der Waals surface area contributed by atoms with Gasteiger partial charge in [-0.1, -0.05) is 97.1 Å². The summed E-state index contributed by atoms with van der Waals surface area (Å²) in [5.74, 6) is 1.83. The van der Waals surface area contributed by atoms with Gasteiger partial charge in [0.2, 0.25) is 0 Å². The molecule has 4 aromatic rings. The number of aliphatic hydroxyl groups is 2. The van der Waals surface area contributed by atoms with Crippen LogP contribution in [-0.4, -0.2) is 24.4 Å². The number of fused-ring (bicyclic) bond motifs is 2. The van der Waals surface area contributed by atoms with Crippen LogP contribution in [0.5, 0.6) is 11.5 Å². The van der Waals surface area contributed by atoms with Crippen molar-refractivity contribution in [2.75, 3.05) is 14.2 Å². The van der Waals surface area contributed by atoms with E-state index < -0.39 is 5.41 Å². The van der Waals surface area contributed by atoms with E-state index in [1.807, 2.05) is 12.1 Å². The van der Waals surface area contributed by atoms with Crippen LogP contribution in [0.3, 0.4) is 0 Å². The van der Waals surface area contributed by atoms with Gasteiger partial charge in [0.15, 0.2) is 0 Å². The molecule has 2 N–H and O–H groups in total. The summed E-state index contributed by atoms with van der Waals surface area (Å²) in [4.78, 5) is 0. The third-order valence-corrected chi connectivity index (χ3v) is 5.22. The van der Waals surface area contributed by atoms with E-state index in [1.165, 1.54) is 22.3 Å². The minimum atomic E-state index is -0.395. The Morgan fingerprint density at radius 2 is 0.800 bits per heavy atom. The summed E-state index contributed by atoms with van der Waals surface area (Å²) in [6.07, 6.45) is 0. The summed E-state index contributed by atoms with van der Waals surface area (Å²) in [7, 11) is 2.00. The van der Waals surface area contributed by atoms with Gasteiger partial charge in [0.05, 0.1) is 5.41 Å². The van der Waals surface area contributed by atoms with Crippen LogP contribution in [0.2, 0.25) is 0 Å². The lowest BCUT2D eigenvalue weighted by atomic mass is 9.64. The number of hydrogen-bond donors (Lipinski definition) is 2. The molecule has 152 valence electrons. The predicted octanol–water partition coefficient (Wildman–Crippen LogP) is 5.39. The van der Waals surface area contributed by atoms with Crippen molar-refractivity contribution in [1.29, 1.82) is 0 Å². The zero-order valence-electron chi connectivity index (χ0n) is 17.2. The Labute approximate surface area is 177 Å². The second kappa shape index (κ2) is 9.88. The number of aliphatic hydroxyl groups excluding tert-OH is 2. The molecule has 0 atom stereocenters. The molecule has 1 aliphatic rings. The van der Waals surface area contributed by atoms with Gasteiger partial charge < -0.3 is 14.9 Å². The molecular weight excluding hydrogens is 372 g/mol. The monoisotopic (exact) mass is 398 g/mol. The molecule has 1 heterocycles. The third kappa shape index (κ3) is 3.50. The second-order valence-corrected chi connectivity index (χ2v) is 6.58. The molecule has 4 aromatic carbocycles. The number of para-hydroxylation sites is 2. The van der Waals surface area contributed by atoms with Crippen LogP contribution in [0.1, 0.15) is 22.3 Å². The molecule has 0 bridgehead atoms. The first-order valence-electron chi connectivity index (χ1n) is 9.78. The fourth-order valence-corrected chi connectivity index (χ4v) is 4.16. The summed E-state index contributed by atoms with van der Waals surface area (Å²) >= 11 is 0. The quantitative estimate of drug-likeness (QED) is 0.419. The van der Waals surface area contributed by atoms with E-state index in [-0.39, 0.29) is 0 Å². The Morgan fingerprint density at radius 1 is 0.467 bits per heavy atom. The number of rotatable bonds is 2. The molecule has 5 rings (SSSR count). The van der Waals surface area contributed by atoms with E-state index in [2.05, 4.69) is 97.1 Å². The lowest BCUT2D eigenvalue weighted by molar-refractivity contribution is 0.399. The Hall–Kier alpha value is -3.40. The topological polar surface area (TPSA) is 49.7 Å². The number of hydrogen-bond acceptors (Lipinski definition) is 3. The van der Waals surface area contributed by atoms with Gasteiger partial charge in [-0.2, -0.15) is 0 Å². The maximum absolute atomic E-state index is 7.00. The Kier molecular flexibility index (Phi) is 7.02. The molecule has 0 aromatic heterocycles. The van der Waals surface area contributed by atoms with Gasteiger partial charge >= 0.3 is 0 Å². The van der Waals surface area contributed by atoms with E-state index in [1.54, 1.807) is 0 Å². The summed E-state index contributed by atoms with van der Waals surface area (Å²) in [6.45, 7) is 0. The summed E-state index contributed by atoms with van der Waals surface area (Å²) < 4.78 is 6.28. The first kappa shape index (κ1) is 21.3. The van der Waals surface area contributed by atoms with Crippen molar-refractivity contribution in [3.8, 4) is 11.5 Å². The normalized spacial score (nSPS) is 12.5. The molecule has 0 amide bonds. The van der Waals surface area contributed by atoms with E-state index in [4.69, 9.17) is 14.9 Å². The van der Waals surface area contributed by atoms with Crippen LogP contribution in [-0.2, 0) is 5.41 Å². The molecule has 0 aliphatic carbocycles. The molecule has 3 nitrogen and oxygen atoms in total. The standard InChI is InChI=1S/C25H18O.2CH4O/c1-3-11-19(12-4-1)25(20-13-5-2-6-14-20)21-15-7-9-17-23(21)26-24-18-10-8-16-22(24)25;2*1-2/h1-18H;2*2H,1H3. The molecule has 3 heteroatoms. The SMILES string of the molecule is CO.CO.c1ccc(C2(c3ccccc3)c3ccccc3Oc3ccccc32)cc1. The zero-order valence-corrected chi connectivity index (χ0v) is 17.2. The van der Waals surface area contributed by atoms with Crippen molar-refractivity contribution in [3.05, 3.63) is 131 Å². The number of ether oxygens (including phenoxy) is 1. The molecule has 0 saturated heterocycles. The van der Waals surface area contributed by atoms with Gasteiger partial charge in [0.25, 0.3) is 0 Å². The van der Waals surface area contributed by atoms with Crippen LogP contribution in [0.15, 0.2) is 109 Å². The highest BCUT2D eigenvalue weighted by atomic mass is 16.5. The van der Waals surface area contributed by atoms with Gasteiger partial charge in [-0.25, -0.2) is 0 Å². The lowest BCUT2D eigenvalue weighted by Crippen LogP contribution is -2.34. The molecule has 0 saturated carbocycles. The summed E-state index contributed by atoms with van der Waals surface area (Å²) in [6, 6.07) is 38.2. The highest BCUT2D eigenvalue weighted by Gasteiger charge is 2.44. The Balaban J connectivity index is 0.000000606. The fourth-order valence-electron chi connectivity index (χ4n) is 4.16. The summed E-state index contributed by atoms with van der Waals surface area (Å²) in [5.41, 5.74) is 4.45. The van der Waals surface area contributed by atoms with Crippen LogP contribution in [0.4, 0.5) is 0 Å². The smallest absolute Gasteiger partial charge is 0.132 e. The highest BCUT2D eigenvalue weighted by Crippen LogP contribution is 2.54. The van der Waals surface area contributed by atoms with Gasteiger partial charge in [0, 0.05) is 25.3 Å². The van der Waals surface area contributed by atoms with Gasteiger partial charge in [-0.15, -0.1) is 0 Å². The first-order chi connectivity index (χ1) is 14.9. The molecular formula is C27H26O3. The van der Waals surface area contributed by atoms with Crippen LogP contribution in [0, 0.1) is 0 Å².